The van der Waals surface area contributed by atoms with E-state index < -0.39 is 4.92 Å². The van der Waals surface area contributed by atoms with Gasteiger partial charge in [-0.1, -0.05) is 15.9 Å². The Labute approximate surface area is 108 Å². The van der Waals surface area contributed by atoms with Crippen molar-refractivity contribution >= 4 is 27.3 Å². The summed E-state index contributed by atoms with van der Waals surface area (Å²) in [5, 5.41) is 13.9. The van der Waals surface area contributed by atoms with Crippen LogP contribution in [0, 0.1) is 10.1 Å². The van der Waals surface area contributed by atoms with Crippen molar-refractivity contribution in [3.05, 3.63) is 32.8 Å². The predicted octanol–water partition coefficient (Wildman–Crippen LogP) is 3.19. The van der Waals surface area contributed by atoms with Gasteiger partial charge in [0, 0.05) is 24.2 Å². The largest absolute Gasteiger partial charge is 0.377 e. The zero-order valence-electron chi connectivity index (χ0n) is 9.99. The molecule has 1 rings (SSSR count). The smallest absolute Gasteiger partial charge is 0.293 e. The van der Waals surface area contributed by atoms with Crippen LogP contribution in [-0.4, -0.2) is 24.2 Å². The van der Waals surface area contributed by atoms with Crippen molar-refractivity contribution in [3.8, 4) is 0 Å². The maximum atomic E-state index is 10.9. The second kappa shape index (κ2) is 5.46. The van der Waals surface area contributed by atoms with Gasteiger partial charge in [-0.05, 0) is 26.0 Å². The molecule has 0 saturated heterocycles. The maximum Gasteiger partial charge on any atom is 0.293 e. The maximum absolute atomic E-state index is 10.9. The number of rotatable bonds is 5. The molecule has 0 bridgehead atoms. The topological polar surface area (TPSA) is 64.4 Å². The first-order valence-corrected chi connectivity index (χ1v) is 5.88. The minimum absolute atomic E-state index is 0.0475. The minimum Gasteiger partial charge on any atom is -0.377 e. The monoisotopic (exact) mass is 302 g/mol. The van der Waals surface area contributed by atoms with E-state index in [1.54, 1.807) is 19.2 Å². The standard InChI is InChI=1S/C11H15BrN2O3/c1-11(2,17-3)7-13-9-5-4-8(12)6-10(9)14(15)16/h4-6,13H,7H2,1-3H3. The first-order valence-electron chi connectivity index (χ1n) is 5.09. The number of hydrogen-bond donors (Lipinski definition) is 1. The van der Waals surface area contributed by atoms with Crippen LogP contribution in [0.4, 0.5) is 11.4 Å². The summed E-state index contributed by atoms with van der Waals surface area (Å²) in [5.41, 5.74) is 0.163. The highest BCUT2D eigenvalue weighted by molar-refractivity contribution is 9.10. The lowest BCUT2D eigenvalue weighted by Crippen LogP contribution is -2.32. The second-order valence-electron chi connectivity index (χ2n) is 4.24. The molecule has 0 aliphatic heterocycles. The Morgan fingerprint density at radius 1 is 1.53 bits per heavy atom. The van der Waals surface area contributed by atoms with Crippen LogP contribution in [0.5, 0.6) is 0 Å². The molecule has 1 aromatic rings. The number of nitrogens with zero attached hydrogens (tertiary/aromatic N) is 1. The van der Waals surface area contributed by atoms with Gasteiger partial charge in [-0.15, -0.1) is 0 Å². The summed E-state index contributed by atoms with van der Waals surface area (Å²) >= 11 is 3.21. The van der Waals surface area contributed by atoms with Gasteiger partial charge in [0.15, 0.2) is 0 Å². The first kappa shape index (κ1) is 13.9. The highest BCUT2D eigenvalue weighted by atomic mass is 79.9. The van der Waals surface area contributed by atoms with Gasteiger partial charge >= 0.3 is 0 Å². The van der Waals surface area contributed by atoms with Gasteiger partial charge in [0.2, 0.25) is 0 Å². The SMILES string of the molecule is COC(C)(C)CNc1ccc(Br)cc1[N+](=O)[O-]. The van der Waals surface area contributed by atoms with E-state index in [1.165, 1.54) is 6.07 Å². The molecule has 94 valence electrons. The number of nitro groups is 1. The molecule has 0 amide bonds. The summed E-state index contributed by atoms with van der Waals surface area (Å²) in [6.45, 7) is 4.31. The third-order valence-electron chi connectivity index (χ3n) is 2.41. The molecule has 5 nitrogen and oxygen atoms in total. The van der Waals surface area contributed by atoms with Gasteiger partial charge < -0.3 is 10.1 Å². The normalized spacial score (nSPS) is 11.3. The van der Waals surface area contributed by atoms with Crippen LogP contribution in [0.25, 0.3) is 0 Å². The van der Waals surface area contributed by atoms with E-state index in [0.29, 0.717) is 16.7 Å². The molecule has 6 heteroatoms. The van der Waals surface area contributed by atoms with E-state index in [2.05, 4.69) is 21.2 Å². The molecular formula is C11H15BrN2O3. The fourth-order valence-corrected chi connectivity index (χ4v) is 1.53. The van der Waals surface area contributed by atoms with Gasteiger partial charge in [0.1, 0.15) is 5.69 Å². The number of nitro benzene ring substituents is 1. The Hall–Kier alpha value is -1.14. The van der Waals surface area contributed by atoms with Crippen molar-refractivity contribution in [1.29, 1.82) is 0 Å². The zero-order chi connectivity index (χ0) is 13.1. The van der Waals surface area contributed by atoms with Crippen LogP contribution >= 0.6 is 15.9 Å². The van der Waals surface area contributed by atoms with Crippen molar-refractivity contribution in [1.82, 2.24) is 0 Å². The molecule has 0 heterocycles. The van der Waals surface area contributed by atoms with Gasteiger partial charge in [-0.2, -0.15) is 0 Å². The van der Waals surface area contributed by atoms with E-state index in [-0.39, 0.29) is 11.3 Å². The van der Waals surface area contributed by atoms with Crippen LogP contribution in [0.1, 0.15) is 13.8 Å². The number of benzene rings is 1. The Morgan fingerprint density at radius 2 is 2.18 bits per heavy atom. The number of methoxy groups -OCH3 is 1. The van der Waals surface area contributed by atoms with E-state index in [1.807, 2.05) is 13.8 Å². The molecule has 0 aromatic heterocycles. The number of anilines is 1. The highest BCUT2D eigenvalue weighted by Crippen LogP contribution is 2.28. The van der Waals surface area contributed by atoms with Crippen molar-refractivity contribution < 1.29 is 9.66 Å². The molecule has 0 spiro atoms. The molecule has 0 aliphatic rings. The highest BCUT2D eigenvalue weighted by Gasteiger charge is 2.19. The summed E-state index contributed by atoms with van der Waals surface area (Å²) in [6, 6.07) is 4.91. The lowest BCUT2D eigenvalue weighted by Gasteiger charge is -2.23. The number of hydrogen-bond acceptors (Lipinski definition) is 4. The molecule has 0 aliphatic carbocycles. The second-order valence-corrected chi connectivity index (χ2v) is 5.15. The summed E-state index contributed by atoms with van der Waals surface area (Å²) in [5.74, 6) is 0. The third-order valence-corrected chi connectivity index (χ3v) is 2.91. The van der Waals surface area contributed by atoms with Crippen LogP contribution in [-0.2, 0) is 4.74 Å². The van der Waals surface area contributed by atoms with Gasteiger partial charge in [0.25, 0.3) is 5.69 Å². The molecule has 0 atom stereocenters. The number of nitrogens with one attached hydrogen (secondary N) is 1. The predicted molar refractivity (Wildman–Crippen MR) is 70.4 cm³/mol. The summed E-state index contributed by atoms with van der Waals surface area (Å²) < 4.78 is 5.92. The van der Waals surface area contributed by atoms with E-state index in [0.717, 1.165) is 0 Å². The van der Waals surface area contributed by atoms with Crippen molar-refractivity contribution in [2.45, 2.75) is 19.4 Å². The summed E-state index contributed by atoms with van der Waals surface area (Å²) in [4.78, 5) is 10.5. The molecule has 17 heavy (non-hydrogen) atoms. The zero-order valence-corrected chi connectivity index (χ0v) is 11.6. The average Bonchev–Trinajstić information content (AvgIpc) is 2.27. The fourth-order valence-electron chi connectivity index (χ4n) is 1.19. The molecule has 0 unspecified atom stereocenters. The van der Waals surface area contributed by atoms with Crippen molar-refractivity contribution in [2.75, 3.05) is 19.0 Å². The van der Waals surface area contributed by atoms with Crippen LogP contribution in [0.3, 0.4) is 0 Å². The Kier molecular flexibility index (Phi) is 4.47. The summed E-state index contributed by atoms with van der Waals surface area (Å²) in [6.07, 6.45) is 0. The molecule has 0 fully saturated rings. The quantitative estimate of drug-likeness (QED) is 0.670. The van der Waals surface area contributed by atoms with Crippen LogP contribution < -0.4 is 5.32 Å². The lowest BCUT2D eigenvalue weighted by atomic mass is 10.1. The fraction of sp³-hybridized carbons (Fsp3) is 0.455. The molecular weight excluding hydrogens is 288 g/mol. The molecule has 0 radical (unpaired) electrons. The van der Waals surface area contributed by atoms with Crippen molar-refractivity contribution in [2.24, 2.45) is 0 Å². The van der Waals surface area contributed by atoms with Gasteiger partial charge in [0.05, 0.1) is 10.5 Å². The first-order chi connectivity index (χ1) is 7.85. The average molecular weight is 303 g/mol. The van der Waals surface area contributed by atoms with Crippen LogP contribution in [0.2, 0.25) is 0 Å². The van der Waals surface area contributed by atoms with E-state index in [4.69, 9.17) is 4.74 Å². The third kappa shape index (κ3) is 3.98. The summed E-state index contributed by atoms with van der Waals surface area (Å²) in [7, 11) is 1.61. The molecule has 1 N–H and O–H groups in total. The number of ether oxygens (including phenoxy) is 1. The molecule has 0 saturated carbocycles. The van der Waals surface area contributed by atoms with Crippen LogP contribution in [0.15, 0.2) is 22.7 Å². The Morgan fingerprint density at radius 3 is 2.71 bits per heavy atom. The van der Waals surface area contributed by atoms with Crippen molar-refractivity contribution in [3.63, 3.8) is 0 Å². The number of halogens is 1. The minimum atomic E-state index is -0.410. The molecule has 1 aromatic carbocycles. The lowest BCUT2D eigenvalue weighted by molar-refractivity contribution is -0.384. The van der Waals surface area contributed by atoms with E-state index >= 15 is 0 Å². The van der Waals surface area contributed by atoms with Gasteiger partial charge in [-0.25, -0.2) is 0 Å². The van der Waals surface area contributed by atoms with E-state index in [9.17, 15) is 10.1 Å². The van der Waals surface area contributed by atoms with Gasteiger partial charge in [-0.3, -0.25) is 10.1 Å². The Bertz CT molecular complexity index is 421. The Balaban J connectivity index is 2.88.